The van der Waals surface area contributed by atoms with Crippen LogP contribution in [0.15, 0.2) is 40.4 Å². The summed E-state index contributed by atoms with van der Waals surface area (Å²) in [6.45, 7) is 1.96. The van der Waals surface area contributed by atoms with Crippen LogP contribution in [0.25, 0.3) is 17.4 Å². The van der Waals surface area contributed by atoms with Gasteiger partial charge in [0.25, 0.3) is 5.91 Å². The standard InChI is InChI=1S/C16H13ClN2O3/c1-9-3-4-10(17)7-12(9)14-6-5-11(22-14)8-13-15(20)19(2)16(21)18-13/h3-8H,1-2H3,(H,18,21)/b13-8+. The van der Waals surface area contributed by atoms with Gasteiger partial charge in [0.1, 0.15) is 17.2 Å². The van der Waals surface area contributed by atoms with E-state index in [1.165, 1.54) is 13.1 Å². The van der Waals surface area contributed by atoms with Crippen LogP contribution in [-0.4, -0.2) is 23.9 Å². The van der Waals surface area contributed by atoms with Gasteiger partial charge in [0, 0.05) is 23.7 Å². The minimum absolute atomic E-state index is 0.191. The van der Waals surface area contributed by atoms with Gasteiger partial charge in [0.2, 0.25) is 0 Å². The second-order valence-electron chi connectivity index (χ2n) is 5.01. The molecule has 22 heavy (non-hydrogen) atoms. The zero-order valence-corrected chi connectivity index (χ0v) is 12.8. The normalized spacial score (nSPS) is 16.5. The van der Waals surface area contributed by atoms with Gasteiger partial charge < -0.3 is 9.73 Å². The lowest BCUT2D eigenvalue weighted by molar-refractivity contribution is -0.121. The summed E-state index contributed by atoms with van der Waals surface area (Å²) in [6.07, 6.45) is 1.51. The van der Waals surface area contributed by atoms with E-state index in [4.69, 9.17) is 16.0 Å². The van der Waals surface area contributed by atoms with Gasteiger partial charge in [0.05, 0.1) is 0 Å². The molecule has 0 spiro atoms. The molecule has 1 aromatic heterocycles. The van der Waals surface area contributed by atoms with E-state index in [-0.39, 0.29) is 11.6 Å². The molecule has 0 bridgehead atoms. The Hall–Kier alpha value is -2.53. The fraction of sp³-hybridized carbons (Fsp3) is 0.125. The maximum absolute atomic E-state index is 11.8. The van der Waals surface area contributed by atoms with Crippen LogP contribution in [0.4, 0.5) is 4.79 Å². The molecule has 2 heterocycles. The Bertz CT molecular complexity index is 807. The third-order valence-corrected chi connectivity index (χ3v) is 3.69. The van der Waals surface area contributed by atoms with E-state index in [2.05, 4.69) is 5.32 Å². The highest BCUT2D eigenvalue weighted by Gasteiger charge is 2.30. The fourth-order valence-electron chi connectivity index (χ4n) is 2.20. The number of rotatable bonds is 2. The molecule has 5 nitrogen and oxygen atoms in total. The molecule has 1 saturated heterocycles. The number of furan rings is 1. The third-order valence-electron chi connectivity index (χ3n) is 3.46. The number of nitrogens with zero attached hydrogens (tertiary/aromatic N) is 1. The van der Waals surface area contributed by atoms with Crippen LogP contribution in [0.2, 0.25) is 5.02 Å². The maximum atomic E-state index is 11.8. The van der Waals surface area contributed by atoms with Crippen molar-refractivity contribution in [3.63, 3.8) is 0 Å². The van der Waals surface area contributed by atoms with E-state index < -0.39 is 6.03 Å². The molecule has 0 saturated carbocycles. The Morgan fingerprint density at radius 3 is 2.68 bits per heavy atom. The molecule has 3 rings (SSSR count). The number of likely N-dealkylation sites (N-methyl/N-ethyl adjacent to an activating group) is 1. The highest BCUT2D eigenvalue weighted by Crippen LogP contribution is 2.29. The zero-order chi connectivity index (χ0) is 15.9. The predicted molar refractivity (Wildman–Crippen MR) is 83.2 cm³/mol. The van der Waals surface area contributed by atoms with Gasteiger partial charge in [-0.25, -0.2) is 4.79 Å². The number of nitrogens with one attached hydrogen (secondary N) is 1. The first kappa shape index (κ1) is 14.4. The van der Waals surface area contributed by atoms with Crippen molar-refractivity contribution in [1.82, 2.24) is 10.2 Å². The summed E-state index contributed by atoms with van der Waals surface area (Å²) in [5.74, 6) is 0.743. The first-order chi connectivity index (χ1) is 10.5. The molecule has 0 aliphatic carbocycles. The van der Waals surface area contributed by atoms with Crippen LogP contribution >= 0.6 is 11.6 Å². The van der Waals surface area contributed by atoms with Crippen LogP contribution in [0.5, 0.6) is 0 Å². The Kier molecular flexibility index (Phi) is 3.50. The summed E-state index contributed by atoms with van der Waals surface area (Å²) >= 11 is 6.01. The summed E-state index contributed by atoms with van der Waals surface area (Å²) in [5.41, 5.74) is 2.11. The van der Waals surface area contributed by atoms with Gasteiger partial charge in [0.15, 0.2) is 0 Å². The Labute approximate surface area is 132 Å². The number of carbonyl (C=O) groups is 2. The molecular weight excluding hydrogens is 304 g/mol. The van der Waals surface area contributed by atoms with E-state index >= 15 is 0 Å². The molecule has 1 aromatic carbocycles. The smallest absolute Gasteiger partial charge is 0.328 e. The molecule has 0 unspecified atom stereocenters. The van der Waals surface area contributed by atoms with E-state index in [9.17, 15) is 9.59 Å². The number of hydrogen-bond donors (Lipinski definition) is 1. The maximum Gasteiger partial charge on any atom is 0.328 e. The van der Waals surface area contributed by atoms with Gasteiger partial charge >= 0.3 is 6.03 Å². The lowest BCUT2D eigenvalue weighted by atomic mass is 10.1. The number of benzene rings is 1. The Balaban J connectivity index is 1.93. The minimum Gasteiger partial charge on any atom is -0.457 e. The number of carbonyl (C=O) groups excluding carboxylic acids is 2. The van der Waals surface area contributed by atoms with E-state index in [1.807, 2.05) is 25.1 Å². The van der Waals surface area contributed by atoms with Crippen LogP contribution < -0.4 is 5.32 Å². The lowest BCUT2D eigenvalue weighted by Gasteiger charge is -2.02. The van der Waals surface area contributed by atoms with Crippen LogP contribution in [0, 0.1) is 6.92 Å². The molecule has 1 aliphatic rings. The molecule has 0 atom stereocenters. The number of urea groups is 1. The van der Waals surface area contributed by atoms with Gasteiger partial charge in [-0.2, -0.15) is 0 Å². The second-order valence-corrected chi connectivity index (χ2v) is 5.45. The number of amides is 3. The average Bonchev–Trinajstić information content (AvgIpc) is 3.03. The number of imide groups is 1. The Morgan fingerprint density at radius 1 is 1.23 bits per heavy atom. The minimum atomic E-state index is -0.450. The van der Waals surface area contributed by atoms with Gasteiger partial charge in [-0.1, -0.05) is 17.7 Å². The first-order valence-corrected chi connectivity index (χ1v) is 7.00. The second kappa shape index (κ2) is 5.35. The van der Waals surface area contributed by atoms with Crippen molar-refractivity contribution in [3.8, 4) is 11.3 Å². The first-order valence-electron chi connectivity index (χ1n) is 6.63. The SMILES string of the molecule is Cc1ccc(Cl)cc1-c1ccc(/C=C2/NC(=O)N(C)C2=O)o1. The summed E-state index contributed by atoms with van der Waals surface area (Å²) in [4.78, 5) is 24.2. The highest BCUT2D eigenvalue weighted by molar-refractivity contribution is 6.30. The molecule has 0 radical (unpaired) electrons. The monoisotopic (exact) mass is 316 g/mol. The van der Waals surface area contributed by atoms with Crippen LogP contribution in [0.3, 0.4) is 0 Å². The van der Waals surface area contributed by atoms with Crippen molar-refractivity contribution in [2.45, 2.75) is 6.92 Å². The van der Waals surface area contributed by atoms with Gasteiger partial charge in [-0.3, -0.25) is 9.69 Å². The average molecular weight is 317 g/mol. The van der Waals surface area contributed by atoms with Crippen molar-refractivity contribution in [3.05, 3.63) is 52.4 Å². The van der Waals surface area contributed by atoms with Gasteiger partial charge in [-0.15, -0.1) is 0 Å². The van der Waals surface area contributed by atoms with Crippen molar-refractivity contribution in [2.75, 3.05) is 7.05 Å². The highest BCUT2D eigenvalue weighted by atomic mass is 35.5. The molecule has 112 valence electrons. The topological polar surface area (TPSA) is 62.6 Å². The number of aryl methyl sites for hydroxylation is 1. The fourth-order valence-corrected chi connectivity index (χ4v) is 2.37. The molecule has 1 fully saturated rings. The largest absolute Gasteiger partial charge is 0.457 e. The van der Waals surface area contributed by atoms with Gasteiger partial charge in [-0.05, 0) is 36.8 Å². The summed E-state index contributed by atoms with van der Waals surface area (Å²) in [5, 5.41) is 3.11. The number of halogens is 1. The molecule has 2 aromatic rings. The third kappa shape index (κ3) is 2.51. The number of hydrogen-bond acceptors (Lipinski definition) is 3. The molecule has 6 heteroatoms. The Morgan fingerprint density at radius 2 is 2.00 bits per heavy atom. The summed E-state index contributed by atoms with van der Waals surface area (Å²) in [6, 6.07) is 8.64. The van der Waals surface area contributed by atoms with E-state index in [0.29, 0.717) is 16.5 Å². The predicted octanol–water partition coefficient (Wildman–Crippen LogP) is 3.43. The molecule has 3 amide bonds. The summed E-state index contributed by atoms with van der Waals surface area (Å²) < 4.78 is 5.73. The quantitative estimate of drug-likeness (QED) is 0.682. The summed E-state index contributed by atoms with van der Waals surface area (Å²) in [7, 11) is 1.42. The molecule has 1 aliphatic heterocycles. The van der Waals surface area contributed by atoms with E-state index in [0.717, 1.165) is 16.0 Å². The van der Waals surface area contributed by atoms with Crippen molar-refractivity contribution in [2.24, 2.45) is 0 Å². The van der Waals surface area contributed by atoms with Crippen molar-refractivity contribution >= 4 is 29.6 Å². The van der Waals surface area contributed by atoms with Crippen LogP contribution in [-0.2, 0) is 4.79 Å². The van der Waals surface area contributed by atoms with Crippen LogP contribution in [0.1, 0.15) is 11.3 Å². The lowest BCUT2D eigenvalue weighted by Crippen LogP contribution is -2.25. The molecular formula is C16H13ClN2O3. The zero-order valence-electron chi connectivity index (χ0n) is 12.0. The van der Waals surface area contributed by atoms with E-state index in [1.54, 1.807) is 12.1 Å². The van der Waals surface area contributed by atoms with Crippen molar-refractivity contribution < 1.29 is 14.0 Å². The molecule has 1 N–H and O–H groups in total. The van der Waals surface area contributed by atoms with Crippen molar-refractivity contribution in [1.29, 1.82) is 0 Å².